The van der Waals surface area contributed by atoms with E-state index in [0.717, 1.165) is 22.9 Å². The number of nitrogens with zero attached hydrogens (tertiary/aromatic N) is 1. The maximum Gasteiger partial charge on any atom is 0.234 e. The molecular weight excluding hydrogens is 385 g/mol. The number of carbonyl (C=O) groups excluding carboxylic acids is 2. The van der Waals surface area contributed by atoms with Crippen molar-refractivity contribution < 1.29 is 14.0 Å². The maximum atomic E-state index is 12.9. The molecule has 0 radical (unpaired) electrons. The standard InChI is InChI=1S/C19H22FN3O2S2/c20-13-6-8-15(9-7-13)22-18(25)12-27-19-23-16(11-26-19)10-17(24)21-14-4-2-1-3-5-14/h6-9,11,14H,1-5,10,12H2,(H,21,24)(H,22,25). The van der Waals surface area contributed by atoms with Crippen molar-refractivity contribution in [3.05, 3.63) is 41.2 Å². The number of aromatic nitrogens is 1. The average Bonchev–Trinajstić information content (AvgIpc) is 3.10. The molecule has 0 unspecified atom stereocenters. The Labute approximate surface area is 166 Å². The first-order chi connectivity index (χ1) is 13.1. The van der Waals surface area contributed by atoms with E-state index >= 15 is 0 Å². The van der Waals surface area contributed by atoms with Gasteiger partial charge in [0.05, 0.1) is 17.9 Å². The van der Waals surface area contributed by atoms with Crippen LogP contribution in [0.5, 0.6) is 0 Å². The van der Waals surface area contributed by atoms with Crippen molar-refractivity contribution in [3.63, 3.8) is 0 Å². The molecule has 3 rings (SSSR count). The molecule has 0 saturated heterocycles. The van der Waals surface area contributed by atoms with Gasteiger partial charge in [0.25, 0.3) is 0 Å². The summed E-state index contributed by atoms with van der Waals surface area (Å²) in [5.41, 5.74) is 1.29. The molecule has 1 saturated carbocycles. The van der Waals surface area contributed by atoms with Crippen LogP contribution in [0.1, 0.15) is 37.8 Å². The molecule has 2 aromatic rings. The summed E-state index contributed by atoms with van der Waals surface area (Å²) in [5.74, 6) is -0.306. The van der Waals surface area contributed by atoms with E-state index in [2.05, 4.69) is 15.6 Å². The quantitative estimate of drug-likeness (QED) is 0.681. The first-order valence-electron chi connectivity index (χ1n) is 9.00. The van der Waals surface area contributed by atoms with Gasteiger partial charge in [-0.3, -0.25) is 9.59 Å². The highest BCUT2D eigenvalue weighted by molar-refractivity contribution is 8.01. The first kappa shape index (κ1) is 19.8. The second-order valence-corrected chi connectivity index (χ2v) is 8.61. The van der Waals surface area contributed by atoms with Crippen LogP contribution in [0.3, 0.4) is 0 Å². The number of nitrogens with one attached hydrogen (secondary N) is 2. The van der Waals surface area contributed by atoms with Gasteiger partial charge in [0.2, 0.25) is 11.8 Å². The molecule has 0 aliphatic heterocycles. The molecule has 0 atom stereocenters. The largest absolute Gasteiger partial charge is 0.353 e. The zero-order chi connectivity index (χ0) is 19.1. The van der Waals surface area contributed by atoms with Gasteiger partial charge in [-0.15, -0.1) is 11.3 Å². The molecule has 1 aromatic heterocycles. The highest BCUT2D eigenvalue weighted by Crippen LogP contribution is 2.23. The summed E-state index contributed by atoms with van der Waals surface area (Å²) in [7, 11) is 0. The van der Waals surface area contributed by atoms with E-state index in [1.165, 1.54) is 66.6 Å². The minimum Gasteiger partial charge on any atom is -0.353 e. The number of thioether (sulfide) groups is 1. The summed E-state index contributed by atoms with van der Waals surface area (Å²) in [6.45, 7) is 0. The van der Waals surface area contributed by atoms with Crippen molar-refractivity contribution in [2.45, 2.75) is 48.9 Å². The van der Waals surface area contributed by atoms with Crippen molar-refractivity contribution in [1.82, 2.24) is 10.3 Å². The van der Waals surface area contributed by atoms with E-state index in [1.54, 1.807) is 0 Å². The molecule has 144 valence electrons. The Hall–Kier alpha value is -1.93. The molecule has 0 spiro atoms. The van der Waals surface area contributed by atoms with Gasteiger partial charge < -0.3 is 10.6 Å². The van der Waals surface area contributed by atoms with E-state index in [9.17, 15) is 14.0 Å². The van der Waals surface area contributed by atoms with Crippen LogP contribution in [0.4, 0.5) is 10.1 Å². The predicted octanol–water partition coefficient (Wildman–Crippen LogP) is 4.00. The van der Waals surface area contributed by atoms with Crippen LogP contribution in [0.15, 0.2) is 34.0 Å². The minimum atomic E-state index is -0.342. The van der Waals surface area contributed by atoms with Crippen LogP contribution in [0.2, 0.25) is 0 Å². The third-order valence-electron chi connectivity index (χ3n) is 4.30. The smallest absolute Gasteiger partial charge is 0.234 e. The van der Waals surface area contributed by atoms with Crippen molar-refractivity contribution in [2.24, 2.45) is 0 Å². The van der Waals surface area contributed by atoms with E-state index in [4.69, 9.17) is 0 Å². The zero-order valence-electron chi connectivity index (χ0n) is 14.9. The Morgan fingerprint density at radius 3 is 2.63 bits per heavy atom. The summed E-state index contributed by atoms with van der Waals surface area (Å²) >= 11 is 2.75. The van der Waals surface area contributed by atoms with Gasteiger partial charge in [0, 0.05) is 17.1 Å². The number of rotatable bonds is 7. The van der Waals surface area contributed by atoms with Crippen LogP contribution < -0.4 is 10.6 Å². The van der Waals surface area contributed by atoms with Crippen molar-refractivity contribution in [2.75, 3.05) is 11.1 Å². The molecule has 1 aromatic carbocycles. The zero-order valence-corrected chi connectivity index (χ0v) is 16.5. The van der Waals surface area contributed by atoms with Crippen LogP contribution >= 0.6 is 23.1 Å². The van der Waals surface area contributed by atoms with Gasteiger partial charge in [-0.2, -0.15) is 0 Å². The van der Waals surface area contributed by atoms with Crippen molar-refractivity contribution in [3.8, 4) is 0 Å². The van der Waals surface area contributed by atoms with Gasteiger partial charge in [0.15, 0.2) is 4.34 Å². The van der Waals surface area contributed by atoms with Gasteiger partial charge >= 0.3 is 0 Å². The number of halogens is 1. The fourth-order valence-electron chi connectivity index (χ4n) is 2.98. The summed E-state index contributed by atoms with van der Waals surface area (Å²) in [6, 6.07) is 5.94. The molecule has 5 nitrogen and oxygen atoms in total. The lowest BCUT2D eigenvalue weighted by Gasteiger charge is -2.22. The lowest BCUT2D eigenvalue weighted by atomic mass is 9.95. The normalized spacial score (nSPS) is 14.7. The third kappa shape index (κ3) is 6.62. The van der Waals surface area contributed by atoms with Crippen LogP contribution in [-0.2, 0) is 16.0 Å². The number of amides is 2. The third-order valence-corrected chi connectivity index (χ3v) is 6.37. The summed E-state index contributed by atoms with van der Waals surface area (Å²) < 4.78 is 13.6. The molecule has 0 bridgehead atoms. The molecule has 8 heteroatoms. The van der Waals surface area contributed by atoms with Crippen LogP contribution in [-0.4, -0.2) is 28.6 Å². The van der Waals surface area contributed by atoms with E-state index in [0.29, 0.717) is 11.7 Å². The second kappa shape index (κ2) is 9.85. The van der Waals surface area contributed by atoms with Crippen LogP contribution in [0, 0.1) is 5.82 Å². The van der Waals surface area contributed by atoms with Crippen molar-refractivity contribution in [1.29, 1.82) is 0 Å². The highest BCUT2D eigenvalue weighted by Gasteiger charge is 2.17. The Morgan fingerprint density at radius 1 is 1.15 bits per heavy atom. The van der Waals surface area contributed by atoms with E-state index in [-0.39, 0.29) is 29.8 Å². The fourth-order valence-corrected chi connectivity index (χ4v) is 4.63. The number of thiazole rings is 1. The fraction of sp³-hybridized carbons (Fsp3) is 0.421. The van der Waals surface area contributed by atoms with Gasteiger partial charge in [-0.1, -0.05) is 31.0 Å². The lowest BCUT2D eigenvalue weighted by Crippen LogP contribution is -2.37. The maximum absolute atomic E-state index is 12.9. The van der Waals surface area contributed by atoms with Gasteiger partial charge in [-0.05, 0) is 37.1 Å². The number of hydrogen-bond acceptors (Lipinski definition) is 5. The Morgan fingerprint density at radius 2 is 1.89 bits per heavy atom. The first-order valence-corrected chi connectivity index (χ1v) is 10.9. The van der Waals surface area contributed by atoms with Gasteiger partial charge in [-0.25, -0.2) is 9.37 Å². The molecule has 2 amide bonds. The number of benzene rings is 1. The molecule has 27 heavy (non-hydrogen) atoms. The summed E-state index contributed by atoms with van der Waals surface area (Å²) in [6.07, 6.45) is 6.02. The Kier molecular flexibility index (Phi) is 7.23. The summed E-state index contributed by atoms with van der Waals surface area (Å²) in [4.78, 5) is 28.5. The predicted molar refractivity (Wildman–Crippen MR) is 107 cm³/mol. The highest BCUT2D eigenvalue weighted by atomic mass is 32.2. The molecule has 1 heterocycles. The monoisotopic (exact) mass is 407 g/mol. The topological polar surface area (TPSA) is 71.1 Å². The van der Waals surface area contributed by atoms with E-state index < -0.39 is 0 Å². The Bertz CT molecular complexity index is 774. The number of hydrogen-bond donors (Lipinski definition) is 2. The molecule has 2 N–H and O–H groups in total. The SMILES string of the molecule is O=C(CSc1nc(CC(=O)NC2CCCCC2)cs1)Nc1ccc(F)cc1. The van der Waals surface area contributed by atoms with E-state index in [1.807, 2.05) is 5.38 Å². The van der Waals surface area contributed by atoms with Gasteiger partial charge in [0.1, 0.15) is 5.82 Å². The average molecular weight is 408 g/mol. The summed E-state index contributed by atoms with van der Waals surface area (Å²) in [5, 5.41) is 7.66. The van der Waals surface area contributed by atoms with Crippen molar-refractivity contribution >= 4 is 40.6 Å². The molecule has 1 aliphatic rings. The second-order valence-electron chi connectivity index (χ2n) is 6.53. The Balaban J connectivity index is 1.41. The minimum absolute atomic E-state index is 0.0119. The molecular formula is C19H22FN3O2S2. The number of anilines is 1. The van der Waals surface area contributed by atoms with Crippen LogP contribution in [0.25, 0.3) is 0 Å². The lowest BCUT2D eigenvalue weighted by molar-refractivity contribution is -0.121. The molecule has 1 fully saturated rings. The number of carbonyl (C=O) groups is 2. The molecule has 1 aliphatic carbocycles.